The Bertz CT molecular complexity index is 676. The molecular weight excluding hydrogens is 418 g/mol. The lowest BCUT2D eigenvalue weighted by atomic mass is 9.69. The monoisotopic (exact) mass is 464 g/mol. The number of hydrogen-bond donors (Lipinski definition) is 0. The first-order valence-electron chi connectivity index (χ1n) is 13.9. The minimum absolute atomic E-state index is 0.00601. The van der Waals surface area contributed by atoms with Crippen LogP contribution in [0.1, 0.15) is 110 Å². The molecule has 4 heteroatoms. The van der Waals surface area contributed by atoms with Crippen LogP contribution in [0.15, 0.2) is 12.1 Å². The second kappa shape index (κ2) is 14.2. The maximum absolute atomic E-state index is 14.3. The van der Waals surface area contributed by atoms with E-state index in [1.807, 2.05) is 6.92 Å². The molecule has 2 aliphatic carbocycles. The summed E-state index contributed by atoms with van der Waals surface area (Å²) >= 11 is 0. The molecule has 1 aromatic carbocycles. The summed E-state index contributed by atoms with van der Waals surface area (Å²) in [5.74, 6) is 1.28. The predicted molar refractivity (Wildman–Crippen MR) is 132 cm³/mol. The Kier molecular flexibility index (Phi) is 11.3. The summed E-state index contributed by atoms with van der Waals surface area (Å²) in [7, 11) is 0. The summed E-state index contributed by atoms with van der Waals surface area (Å²) in [5, 5.41) is 0. The molecule has 0 saturated heterocycles. The molecule has 0 heterocycles. The Morgan fingerprint density at radius 1 is 0.667 bits per heavy atom. The summed E-state index contributed by atoms with van der Waals surface area (Å²) in [4.78, 5) is 0. The van der Waals surface area contributed by atoms with Gasteiger partial charge in [-0.05, 0) is 80.8 Å². The molecule has 0 unspecified atom stereocenters. The van der Waals surface area contributed by atoms with Crippen LogP contribution in [0.5, 0.6) is 11.5 Å². The van der Waals surface area contributed by atoms with Crippen LogP contribution in [0, 0.1) is 35.3 Å². The highest BCUT2D eigenvalue weighted by atomic mass is 19.2. The van der Waals surface area contributed by atoms with Crippen molar-refractivity contribution in [3.8, 4) is 11.5 Å². The third kappa shape index (κ3) is 8.14. The van der Waals surface area contributed by atoms with Crippen LogP contribution < -0.4 is 9.47 Å². The first kappa shape index (κ1) is 26.3. The topological polar surface area (TPSA) is 18.5 Å². The van der Waals surface area contributed by atoms with Crippen molar-refractivity contribution in [2.75, 3.05) is 13.2 Å². The van der Waals surface area contributed by atoms with Crippen molar-refractivity contribution in [3.05, 3.63) is 23.8 Å². The Hall–Kier alpha value is -1.32. The van der Waals surface area contributed by atoms with E-state index < -0.39 is 11.6 Å². The van der Waals surface area contributed by atoms with E-state index in [0.29, 0.717) is 19.1 Å². The third-order valence-electron chi connectivity index (χ3n) is 8.11. The minimum atomic E-state index is -0.943. The molecule has 33 heavy (non-hydrogen) atoms. The summed E-state index contributed by atoms with van der Waals surface area (Å²) in [6.45, 7) is 5.07. The summed E-state index contributed by atoms with van der Waals surface area (Å²) < 4.78 is 39.5. The lowest BCUT2D eigenvalue weighted by Gasteiger charge is -2.38. The molecule has 2 saturated carbocycles. The van der Waals surface area contributed by atoms with E-state index >= 15 is 0 Å². The number of halogens is 2. The van der Waals surface area contributed by atoms with Crippen LogP contribution in [0.2, 0.25) is 0 Å². The lowest BCUT2D eigenvalue weighted by Crippen LogP contribution is -2.27. The SMILES string of the molecule is CCCCCCC[C@H]1CC[C@H](C2CCC(COc3ccc(OCCC)c(F)c3F)CC2)CC1. The van der Waals surface area contributed by atoms with Crippen LogP contribution in [0.25, 0.3) is 0 Å². The second-order valence-electron chi connectivity index (χ2n) is 10.6. The van der Waals surface area contributed by atoms with Crippen molar-refractivity contribution in [1.29, 1.82) is 0 Å². The smallest absolute Gasteiger partial charge is 0.204 e. The largest absolute Gasteiger partial charge is 0.490 e. The fraction of sp³-hybridized carbons (Fsp3) is 0.793. The highest BCUT2D eigenvalue weighted by molar-refractivity contribution is 5.35. The molecule has 0 atom stereocenters. The van der Waals surface area contributed by atoms with Gasteiger partial charge in [-0.2, -0.15) is 8.78 Å². The predicted octanol–water partition coefficient (Wildman–Crippen LogP) is 9.11. The van der Waals surface area contributed by atoms with Gasteiger partial charge in [0.25, 0.3) is 0 Å². The fourth-order valence-electron chi connectivity index (χ4n) is 5.97. The van der Waals surface area contributed by atoms with Gasteiger partial charge in [0.2, 0.25) is 11.6 Å². The molecule has 2 fully saturated rings. The van der Waals surface area contributed by atoms with Crippen LogP contribution in [-0.4, -0.2) is 13.2 Å². The van der Waals surface area contributed by atoms with E-state index in [-0.39, 0.29) is 11.5 Å². The van der Waals surface area contributed by atoms with Gasteiger partial charge in [0.1, 0.15) is 0 Å². The first-order valence-corrected chi connectivity index (χ1v) is 13.9. The van der Waals surface area contributed by atoms with Crippen LogP contribution in [0.3, 0.4) is 0 Å². The van der Waals surface area contributed by atoms with Gasteiger partial charge in [-0.15, -0.1) is 0 Å². The Morgan fingerprint density at radius 3 is 1.79 bits per heavy atom. The van der Waals surface area contributed by atoms with Crippen molar-refractivity contribution >= 4 is 0 Å². The Balaban J connectivity index is 1.33. The van der Waals surface area contributed by atoms with E-state index in [2.05, 4.69) is 6.92 Å². The maximum Gasteiger partial charge on any atom is 0.204 e. The minimum Gasteiger partial charge on any atom is -0.490 e. The molecule has 0 aliphatic heterocycles. The number of ether oxygens (including phenoxy) is 2. The number of hydrogen-bond acceptors (Lipinski definition) is 2. The standard InChI is InChI=1S/C29H46F2O2/c1-3-5-6-7-8-9-22-10-14-24(15-11-22)25-16-12-23(13-17-25)21-33-27-19-18-26(32-20-4-2)28(30)29(27)31/h18-19,22-25H,3-17,20-21H2,1-2H3/t22-,23?,24-,25?. The molecule has 0 spiro atoms. The van der Waals surface area contributed by atoms with Gasteiger partial charge in [-0.3, -0.25) is 0 Å². The van der Waals surface area contributed by atoms with E-state index in [1.165, 1.54) is 89.2 Å². The zero-order chi connectivity index (χ0) is 23.5. The van der Waals surface area contributed by atoms with Crippen molar-refractivity contribution in [1.82, 2.24) is 0 Å². The average molecular weight is 465 g/mol. The normalized spacial score (nSPS) is 25.7. The molecule has 0 bridgehead atoms. The molecule has 188 valence electrons. The molecule has 2 nitrogen and oxygen atoms in total. The zero-order valence-electron chi connectivity index (χ0n) is 21.1. The zero-order valence-corrected chi connectivity index (χ0v) is 21.1. The van der Waals surface area contributed by atoms with E-state index in [1.54, 1.807) is 0 Å². The summed E-state index contributed by atoms with van der Waals surface area (Å²) in [6, 6.07) is 2.97. The van der Waals surface area contributed by atoms with Crippen LogP contribution in [0.4, 0.5) is 8.78 Å². The average Bonchev–Trinajstić information content (AvgIpc) is 2.85. The first-order chi connectivity index (χ1) is 16.1. The summed E-state index contributed by atoms with van der Waals surface area (Å²) in [5.41, 5.74) is 0. The highest BCUT2D eigenvalue weighted by Crippen LogP contribution is 2.42. The van der Waals surface area contributed by atoms with Gasteiger partial charge in [0.05, 0.1) is 13.2 Å². The Morgan fingerprint density at radius 2 is 1.21 bits per heavy atom. The van der Waals surface area contributed by atoms with Gasteiger partial charge < -0.3 is 9.47 Å². The molecule has 2 aliphatic rings. The van der Waals surface area contributed by atoms with Crippen molar-refractivity contribution in [2.24, 2.45) is 23.7 Å². The number of unbranched alkanes of at least 4 members (excludes halogenated alkanes) is 4. The molecular formula is C29H46F2O2. The van der Waals surface area contributed by atoms with Gasteiger partial charge in [0, 0.05) is 0 Å². The quantitative estimate of drug-likeness (QED) is 0.271. The van der Waals surface area contributed by atoms with Crippen LogP contribution in [-0.2, 0) is 0 Å². The van der Waals surface area contributed by atoms with Crippen LogP contribution >= 0.6 is 0 Å². The van der Waals surface area contributed by atoms with Gasteiger partial charge in [-0.1, -0.05) is 65.2 Å². The number of rotatable bonds is 13. The third-order valence-corrected chi connectivity index (χ3v) is 8.11. The highest BCUT2D eigenvalue weighted by Gasteiger charge is 2.31. The fourth-order valence-corrected chi connectivity index (χ4v) is 5.97. The Labute approximate surface area is 200 Å². The molecule has 0 N–H and O–H groups in total. The lowest BCUT2D eigenvalue weighted by molar-refractivity contribution is 0.120. The van der Waals surface area contributed by atoms with E-state index in [0.717, 1.165) is 37.0 Å². The number of benzene rings is 1. The van der Waals surface area contributed by atoms with Gasteiger partial charge in [-0.25, -0.2) is 0 Å². The van der Waals surface area contributed by atoms with E-state index in [4.69, 9.17) is 9.47 Å². The molecule has 0 radical (unpaired) electrons. The molecule has 0 amide bonds. The van der Waals surface area contributed by atoms with Gasteiger partial charge in [0.15, 0.2) is 11.5 Å². The van der Waals surface area contributed by atoms with E-state index in [9.17, 15) is 8.78 Å². The second-order valence-corrected chi connectivity index (χ2v) is 10.6. The van der Waals surface area contributed by atoms with Crippen molar-refractivity contribution in [2.45, 2.75) is 110 Å². The molecule has 0 aromatic heterocycles. The molecule has 1 aromatic rings. The van der Waals surface area contributed by atoms with Gasteiger partial charge >= 0.3 is 0 Å². The van der Waals surface area contributed by atoms with Crippen molar-refractivity contribution in [3.63, 3.8) is 0 Å². The van der Waals surface area contributed by atoms with Crippen molar-refractivity contribution < 1.29 is 18.3 Å². The summed E-state index contributed by atoms with van der Waals surface area (Å²) in [6.07, 6.45) is 19.7. The molecule has 3 rings (SSSR count). The maximum atomic E-state index is 14.3.